The number of hydrogen-bond donors (Lipinski definition) is 1. The summed E-state index contributed by atoms with van der Waals surface area (Å²) >= 11 is 0. The molecule has 2 aliphatic rings. The van der Waals surface area contributed by atoms with Gasteiger partial charge in [0.25, 0.3) is 0 Å². The first-order chi connectivity index (χ1) is 13.4. The summed E-state index contributed by atoms with van der Waals surface area (Å²) in [5, 5.41) is 29.6. The number of alkyl halides is 2. The van der Waals surface area contributed by atoms with E-state index in [9.17, 15) is 24.6 Å². The predicted molar refractivity (Wildman–Crippen MR) is 95.4 cm³/mol. The molecule has 1 aliphatic carbocycles. The maximum Gasteiger partial charge on any atom is 0.387 e. The number of para-hydroxylation sites is 1. The van der Waals surface area contributed by atoms with Gasteiger partial charge < -0.3 is 15.4 Å². The smallest absolute Gasteiger partial charge is 0.387 e. The zero-order chi connectivity index (χ0) is 20.5. The lowest BCUT2D eigenvalue weighted by Gasteiger charge is -2.45. The highest BCUT2D eigenvalue weighted by molar-refractivity contribution is 5.60. The number of ether oxygens (including phenoxy) is 1. The van der Waals surface area contributed by atoms with Crippen LogP contribution in [0.2, 0.25) is 0 Å². The Morgan fingerprint density at radius 3 is 2.54 bits per heavy atom. The van der Waals surface area contributed by atoms with Crippen molar-refractivity contribution in [2.75, 3.05) is 20.1 Å². The summed E-state index contributed by atoms with van der Waals surface area (Å²) in [6, 6.07) is 12.1. The molecule has 1 heterocycles. The van der Waals surface area contributed by atoms with E-state index < -0.39 is 23.9 Å². The van der Waals surface area contributed by atoms with E-state index in [0.29, 0.717) is 18.7 Å². The molecule has 0 aromatic heterocycles. The van der Waals surface area contributed by atoms with Gasteiger partial charge in [0.05, 0.1) is 23.4 Å². The van der Waals surface area contributed by atoms with Gasteiger partial charge in [0, 0.05) is 30.5 Å². The lowest BCUT2D eigenvalue weighted by Crippen LogP contribution is -2.47. The van der Waals surface area contributed by atoms with Crippen LogP contribution >= 0.6 is 0 Å². The van der Waals surface area contributed by atoms with Crippen molar-refractivity contribution in [3.8, 4) is 24.0 Å². The second-order valence-electron chi connectivity index (χ2n) is 6.81. The van der Waals surface area contributed by atoms with Gasteiger partial charge in [-0.25, -0.2) is 0 Å². The Kier molecular flexibility index (Phi) is 5.05. The first-order valence-corrected chi connectivity index (χ1v) is 8.55. The maximum absolute atomic E-state index is 13.0. The van der Waals surface area contributed by atoms with Gasteiger partial charge >= 0.3 is 6.61 Å². The van der Waals surface area contributed by atoms with Crippen LogP contribution in [0.3, 0.4) is 0 Å². The van der Waals surface area contributed by atoms with Crippen LogP contribution in [0.15, 0.2) is 47.2 Å². The van der Waals surface area contributed by atoms with Crippen molar-refractivity contribution in [2.45, 2.75) is 12.5 Å². The van der Waals surface area contributed by atoms with Crippen LogP contribution in [-0.4, -0.2) is 31.6 Å². The molecule has 2 atom stereocenters. The third-order valence-electron chi connectivity index (χ3n) is 5.32. The Hall–Kier alpha value is -3.41. The number of benzene rings is 1. The predicted octanol–water partition coefficient (Wildman–Crippen LogP) is 2.64. The van der Waals surface area contributed by atoms with E-state index in [-0.39, 0.29) is 22.6 Å². The number of nitrogens with zero attached hydrogens (tertiary/aromatic N) is 4. The topological polar surface area (TPSA) is 110 Å². The SMILES string of the molecule is CN1CC=C2C(C#N)=C(N)C(C#N)(C#N)[C@@H](c3ccccc3OC(F)F)[C@H]2C1. The Morgan fingerprint density at radius 2 is 1.93 bits per heavy atom. The average molecular weight is 381 g/mol. The highest BCUT2D eigenvalue weighted by Crippen LogP contribution is 2.55. The minimum Gasteiger partial charge on any atom is -0.435 e. The van der Waals surface area contributed by atoms with Crippen molar-refractivity contribution in [1.29, 1.82) is 15.8 Å². The summed E-state index contributed by atoms with van der Waals surface area (Å²) in [4.78, 5) is 1.97. The number of nitrogens with two attached hydrogens (primary N) is 1. The Morgan fingerprint density at radius 1 is 1.25 bits per heavy atom. The van der Waals surface area contributed by atoms with E-state index in [1.54, 1.807) is 12.1 Å². The van der Waals surface area contributed by atoms with E-state index in [1.807, 2.05) is 36.2 Å². The number of nitriles is 3. The summed E-state index contributed by atoms with van der Waals surface area (Å²) in [7, 11) is 1.86. The van der Waals surface area contributed by atoms with Crippen LogP contribution in [-0.2, 0) is 0 Å². The molecule has 1 aromatic rings. The fraction of sp³-hybridized carbons (Fsp3) is 0.350. The summed E-state index contributed by atoms with van der Waals surface area (Å²) in [5.41, 5.74) is 5.19. The van der Waals surface area contributed by atoms with E-state index in [4.69, 9.17) is 5.73 Å². The molecule has 0 radical (unpaired) electrons. The summed E-state index contributed by atoms with van der Waals surface area (Å²) in [6.45, 7) is -2.06. The molecular weight excluding hydrogens is 364 g/mol. The highest BCUT2D eigenvalue weighted by Gasteiger charge is 2.55. The molecule has 2 N–H and O–H groups in total. The zero-order valence-corrected chi connectivity index (χ0v) is 15.1. The number of allylic oxidation sites excluding steroid dienone is 2. The standard InChI is InChI=1S/C20H17F2N5O/c1-27-7-6-12-14(8-23)18(26)20(10-24,11-25)17(15(12)9-27)13-4-2-3-5-16(13)28-19(21)22/h2-6,15,17,19H,7,9,26H2,1H3/t15-,17-/m0/s1. The molecule has 0 amide bonds. The second kappa shape index (κ2) is 7.31. The Bertz CT molecular complexity index is 966. The molecule has 0 saturated heterocycles. The van der Waals surface area contributed by atoms with Crippen LogP contribution in [0, 0.1) is 45.3 Å². The van der Waals surface area contributed by atoms with E-state index in [1.165, 1.54) is 12.1 Å². The molecule has 0 bridgehead atoms. The minimum absolute atomic E-state index is 0.113. The van der Waals surface area contributed by atoms with Gasteiger partial charge in [-0.15, -0.1) is 0 Å². The van der Waals surface area contributed by atoms with Crippen molar-refractivity contribution in [2.24, 2.45) is 17.1 Å². The molecular formula is C20H17F2N5O. The summed E-state index contributed by atoms with van der Waals surface area (Å²) < 4.78 is 30.6. The third-order valence-corrected chi connectivity index (χ3v) is 5.32. The molecule has 0 unspecified atom stereocenters. The molecule has 0 spiro atoms. The van der Waals surface area contributed by atoms with Crippen molar-refractivity contribution in [3.05, 3.63) is 52.7 Å². The van der Waals surface area contributed by atoms with Gasteiger partial charge in [-0.05, 0) is 18.7 Å². The normalized spacial score (nSPS) is 23.8. The van der Waals surface area contributed by atoms with Gasteiger partial charge in [0.15, 0.2) is 5.41 Å². The van der Waals surface area contributed by atoms with Crippen LogP contribution in [0.5, 0.6) is 5.75 Å². The molecule has 142 valence electrons. The Labute approximate surface area is 161 Å². The maximum atomic E-state index is 13.0. The van der Waals surface area contributed by atoms with Gasteiger partial charge in [-0.3, -0.25) is 0 Å². The van der Waals surface area contributed by atoms with Crippen LogP contribution < -0.4 is 10.5 Å². The van der Waals surface area contributed by atoms with Gasteiger partial charge in [-0.1, -0.05) is 24.3 Å². The van der Waals surface area contributed by atoms with Crippen molar-refractivity contribution < 1.29 is 13.5 Å². The van der Waals surface area contributed by atoms with Crippen molar-refractivity contribution in [3.63, 3.8) is 0 Å². The fourth-order valence-electron chi connectivity index (χ4n) is 4.11. The highest BCUT2D eigenvalue weighted by atomic mass is 19.3. The molecule has 3 rings (SSSR count). The molecule has 0 saturated carbocycles. The molecule has 1 aliphatic heterocycles. The van der Waals surface area contributed by atoms with Crippen LogP contribution in [0.4, 0.5) is 8.78 Å². The van der Waals surface area contributed by atoms with E-state index in [0.717, 1.165) is 0 Å². The zero-order valence-electron chi connectivity index (χ0n) is 15.1. The second-order valence-corrected chi connectivity index (χ2v) is 6.81. The van der Waals surface area contributed by atoms with Crippen molar-refractivity contribution in [1.82, 2.24) is 4.90 Å². The molecule has 28 heavy (non-hydrogen) atoms. The lowest BCUT2D eigenvalue weighted by atomic mass is 9.58. The van der Waals surface area contributed by atoms with E-state index >= 15 is 0 Å². The molecule has 8 heteroatoms. The van der Waals surface area contributed by atoms with Crippen LogP contribution in [0.25, 0.3) is 0 Å². The molecule has 1 aromatic carbocycles. The monoisotopic (exact) mass is 381 g/mol. The minimum atomic E-state index is -3.06. The number of rotatable bonds is 3. The lowest BCUT2D eigenvalue weighted by molar-refractivity contribution is -0.0509. The molecule has 0 fully saturated rings. The first-order valence-electron chi connectivity index (χ1n) is 8.55. The number of halogens is 2. The first kappa shape index (κ1) is 19.4. The van der Waals surface area contributed by atoms with Gasteiger partial charge in [-0.2, -0.15) is 24.6 Å². The number of fused-ring (bicyclic) bond motifs is 1. The van der Waals surface area contributed by atoms with Gasteiger partial charge in [0.1, 0.15) is 11.8 Å². The summed E-state index contributed by atoms with van der Waals surface area (Å²) in [6.07, 6.45) is 1.84. The van der Waals surface area contributed by atoms with Crippen LogP contribution in [0.1, 0.15) is 11.5 Å². The molecule has 6 nitrogen and oxygen atoms in total. The third kappa shape index (κ3) is 2.87. The Balaban J connectivity index is 2.33. The quantitative estimate of drug-likeness (QED) is 0.862. The summed E-state index contributed by atoms with van der Waals surface area (Å²) in [5.74, 6) is -1.44. The van der Waals surface area contributed by atoms with E-state index in [2.05, 4.69) is 4.74 Å². The largest absolute Gasteiger partial charge is 0.435 e. The number of likely N-dealkylation sites (N-methyl/N-ethyl adjacent to an activating group) is 1. The fourth-order valence-corrected chi connectivity index (χ4v) is 4.11. The van der Waals surface area contributed by atoms with Gasteiger partial charge in [0.2, 0.25) is 0 Å². The average Bonchev–Trinajstić information content (AvgIpc) is 2.68. The number of hydrogen-bond acceptors (Lipinski definition) is 6. The van der Waals surface area contributed by atoms with Crippen molar-refractivity contribution >= 4 is 0 Å².